The fourth-order valence-electron chi connectivity index (χ4n) is 2.74. The fourth-order valence-corrected chi connectivity index (χ4v) is 2.74. The molecule has 0 spiro atoms. The van der Waals surface area contributed by atoms with E-state index in [1.807, 2.05) is 20.8 Å². The average molecular weight is 412 g/mol. The normalized spacial score (nSPS) is 12.5. The van der Waals surface area contributed by atoms with Crippen LogP contribution < -0.4 is 20.6 Å². The van der Waals surface area contributed by atoms with Crippen molar-refractivity contribution in [3.8, 4) is 17.2 Å². The molecule has 0 fully saturated rings. The molecule has 0 bridgehead atoms. The van der Waals surface area contributed by atoms with Crippen molar-refractivity contribution in [3.63, 3.8) is 0 Å². The molecule has 0 radical (unpaired) electrons. The zero-order valence-corrected chi connectivity index (χ0v) is 18.1. The number of anilines is 1. The number of nitrogens with zero attached hydrogens (tertiary/aromatic N) is 2. The van der Waals surface area contributed by atoms with E-state index in [0.717, 1.165) is 5.56 Å². The highest BCUT2D eigenvalue weighted by Crippen LogP contribution is 2.32. The number of rotatable bonds is 6. The molecule has 2 rings (SSSR count). The highest BCUT2D eigenvalue weighted by molar-refractivity contribution is 6.68. The van der Waals surface area contributed by atoms with E-state index >= 15 is 0 Å². The van der Waals surface area contributed by atoms with Crippen LogP contribution in [-0.4, -0.2) is 36.7 Å². The predicted octanol–water partition coefficient (Wildman–Crippen LogP) is 3.75. The van der Waals surface area contributed by atoms with Gasteiger partial charge in [0.05, 0.1) is 19.9 Å². The zero-order valence-electron chi connectivity index (χ0n) is 18.1. The monoisotopic (exact) mass is 412 g/mol. The van der Waals surface area contributed by atoms with Crippen molar-refractivity contribution in [2.24, 2.45) is 15.9 Å². The molecule has 0 aromatic heterocycles. The Labute approximate surface area is 176 Å². The Bertz CT molecular complexity index is 991. The predicted molar refractivity (Wildman–Crippen MR) is 119 cm³/mol. The number of benzene rings is 2. The van der Waals surface area contributed by atoms with Gasteiger partial charge in [-0.05, 0) is 42.2 Å². The zero-order chi connectivity index (χ0) is 22.5. The van der Waals surface area contributed by atoms with Crippen molar-refractivity contribution in [3.05, 3.63) is 42.0 Å². The minimum Gasteiger partial charge on any atom is -0.508 e. The number of phenols is 1. The third-order valence-electron chi connectivity index (χ3n) is 4.40. The van der Waals surface area contributed by atoms with Crippen LogP contribution in [0.15, 0.2) is 46.5 Å². The number of hydrogen-bond donors (Lipinski definition) is 3. The van der Waals surface area contributed by atoms with Crippen LogP contribution in [-0.2, 0) is 10.2 Å². The van der Waals surface area contributed by atoms with E-state index in [-0.39, 0.29) is 22.6 Å². The van der Waals surface area contributed by atoms with Crippen molar-refractivity contribution in [1.29, 1.82) is 0 Å². The van der Waals surface area contributed by atoms with Crippen LogP contribution in [0.25, 0.3) is 0 Å². The number of aromatic hydroxyl groups is 1. The molecule has 0 unspecified atom stereocenters. The lowest BCUT2D eigenvalue weighted by molar-refractivity contribution is -0.110. The van der Waals surface area contributed by atoms with Gasteiger partial charge in [0, 0.05) is 17.8 Å². The third-order valence-corrected chi connectivity index (χ3v) is 4.40. The van der Waals surface area contributed by atoms with Crippen LogP contribution >= 0.6 is 0 Å². The molecule has 0 aliphatic carbocycles. The van der Waals surface area contributed by atoms with Gasteiger partial charge in [0.15, 0.2) is 5.71 Å². The Morgan fingerprint density at radius 2 is 1.80 bits per heavy atom. The maximum atomic E-state index is 12.8. The number of hydrazone groups is 1. The Hall–Kier alpha value is -3.55. The quantitative estimate of drug-likeness (QED) is 0.379. The maximum absolute atomic E-state index is 12.8. The van der Waals surface area contributed by atoms with Gasteiger partial charge in [-0.25, -0.2) is 4.99 Å². The summed E-state index contributed by atoms with van der Waals surface area (Å²) in [6.45, 7) is 7.66. The van der Waals surface area contributed by atoms with Gasteiger partial charge in [0.2, 0.25) is 0 Å². The van der Waals surface area contributed by atoms with Gasteiger partial charge < -0.3 is 25.7 Å². The molecule has 0 atom stereocenters. The highest BCUT2D eigenvalue weighted by atomic mass is 16.5. The Morgan fingerprint density at radius 1 is 1.10 bits per heavy atom. The lowest BCUT2D eigenvalue weighted by Crippen LogP contribution is -2.30. The van der Waals surface area contributed by atoms with Crippen molar-refractivity contribution in [1.82, 2.24) is 0 Å². The first-order chi connectivity index (χ1) is 14.1. The summed E-state index contributed by atoms with van der Waals surface area (Å²) >= 11 is 0. The second-order valence-electron chi connectivity index (χ2n) is 7.69. The largest absolute Gasteiger partial charge is 0.508 e. The van der Waals surface area contributed by atoms with Gasteiger partial charge in [-0.2, -0.15) is 5.10 Å². The number of amides is 1. The molecular weight excluding hydrogens is 384 g/mol. The number of phenolic OH excluding ortho intramolecular Hbond substituents is 1. The first-order valence-corrected chi connectivity index (χ1v) is 9.30. The van der Waals surface area contributed by atoms with E-state index in [9.17, 15) is 9.90 Å². The molecule has 4 N–H and O–H groups in total. The second kappa shape index (κ2) is 9.30. The summed E-state index contributed by atoms with van der Waals surface area (Å²) in [5.41, 5.74) is 1.80. The van der Waals surface area contributed by atoms with E-state index in [1.165, 1.54) is 13.2 Å². The number of nitrogens with two attached hydrogens (primary N) is 1. The molecule has 30 heavy (non-hydrogen) atoms. The summed E-state index contributed by atoms with van der Waals surface area (Å²) in [4.78, 5) is 17.2. The molecule has 2 aromatic carbocycles. The SMILES string of the molecule is COc1ccc(OC)c(N=C(C)/C(=N\N)C(=O)Nc2cc(O)cc(C(C)(C)C)c2)c1. The van der Waals surface area contributed by atoms with Crippen molar-refractivity contribution in [2.45, 2.75) is 33.1 Å². The summed E-state index contributed by atoms with van der Waals surface area (Å²) in [7, 11) is 3.07. The Balaban J connectivity index is 2.34. The van der Waals surface area contributed by atoms with Gasteiger partial charge >= 0.3 is 0 Å². The molecule has 2 aromatic rings. The summed E-state index contributed by atoms with van der Waals surface area (Å²) < 4.78 is 10.5. The lowest BCUT2D eigenvalue weighted by Gasteiger charge is -2.20. The number of carbonyl (C=O) groups is 1. The van der Waals surface area contributed by atoms with E-state index in [2.05, 4.69) is 15.4 Å². The van der Waals surface area contributed by atoms with Gasteiger partial charge in [-0.3, -0.25) is 4.79 Å². The smallest absolute Gasteiger partial charge is 0.277 e. The van der Waals surface area contributed by atoms with E-state index in [1.54, 1.807) is 44.4 Å². The molecule has 8 heteroatoms. The summed E-state index contributed by atoms with van der Waals surface area (Å²) in [5, 5.41) is 16.4. The number of hydrogen-bond acceptors (Lipinski definition) is 7. The molecule has 0 heterocycles. The minimum absolute atomic E-state index is 0.0514. The number of methoxy groups -OCH3 is 2. The van der Waals surface area contributed by atoms with Crippen LogP contribution in [0.4, 0.5) is 11.4 Å². The number of aliphatic imine (C=N–C) groups is 1. The number of ether oxygens (including phenoxy) is 2. The topological polar surface area (TPSA) is 119 Å². The molecule has 0 aliphatic heterocycles. The molecule has 0 aliphatic rings. The standard InChI is InChI=1S/C22H28N4O4/c1-13(24-18-12-17(29-5)7-8-19(18)30-6)20(26-23)21(28)25-15-9-14(22(2,3)4)10-16(27)11-15/h7-12,27H,23H2,1-6H3,(H,25,28)/b24-13?,26-20+. The molecular formula is C22H28N4O4. The molecule has 0 saturated carbocycles. The van der Waals surface area contributed by atoms with E-state index in [4.69, 9.17) is 15.3 Å². The number of nitrogens with one attached hydrogen (secondary N) is 1. The van der Waals surface area contributed by atoms with Gasteiger partial charge in [-0.1, -0.05) is 20.8 Å². The first kappa shape index (κ1) is 22.7. The van der Waals surface area contributed by atoms with Crippen LogP contribution in [0.5, 0.6) is 17.2 Å². The highest BCUT2D eigenvalue weighted by Gasteiger charge is 2.19. The Kier molecular flexibility index (Phi) is 7.05. The Morgan fingerprint density at radius 3 is 2.37 bits per heavy atom. The average Bonchev–Trinajstić information content (AvgIpc) is 2.67. The van der Waals surface area contributed by atoms with Gasteiger partial charge in [-0.15, -0.1) is 0 Å². The van der Waals surface area contributed by atoms with Crippen molar-refractivity contribution >= 4 is 28.7 Å². The third kappa shape index (κ3) is 5.50. The summed E-state index contributed by atoms with van der Waals surface area (Å²) in [5.74, 6) is 6.08. The van der Waals surface area contributed by atoms with Crippen LogP contribution in [0.2, 0.25) is 0 Å². The molecule has 1 amide bonds. The van der Waals surface area contributed by atoms with Crippen molar-refractivity contribution in [2.75, 3.05) is 19.5 Å². The first-order valence-electron chi connectivity index (χ1n) is 9.30. The second-order valence-corrected chi connectivity index (χ2v) is 7.69. The summed E-state index contributed by atoms with van der Waals surface area (Å²) in [6.07, 6.45) is 0. The van der Waals surface area contributed by atoms with E-state index in [0.29, 0.717) is 22.9 Å². The molecule has 160 valence electrons. The van der Waals surface area contributed by atoms with E-state index < -0.39 is 5.91 Å². The van der Waals surface area contributed by atoms with Crippen molar-refractivity contribution < 1.29 is 19.4 Å². The fraction of sp³-hybridized carbons (Fsp3) is 0.318. The number of carbonyl (C=O) groups excluding carboxylic acids is 1. The van der Waals surface area contributed by atoms with Crippen LogP contribution in [0.3, 0.4) is 0 Å². The maximum Gasteiger partial charge on any atom is 0.277 e. The lowest BCUT2D eigenvalue weighted by atomic mass is 9.86. The summed E-state index contributed by atoms with van der Waals surface area (Å²) in [6, 6.07) is 10.0. The molecule has 0 saturated heterocycles. The molecule has 8 nitrogen and oxygen atoms in total. The van der Waals surface area contributed by atoms with Crippen LogP contribution in [0, 0.1) is 0 Å². The van der Waals surface area contributed by atoms with Gasteiger partial charge in [0.25, 0.3) is 5.91 Å². The van der Waals surface area contributed by atoms with Gasteiger partial charge in [0.1, 0.15) is 22.9 Å². The minimum atomic E-state index is -0.550. The van der Waals surface area contributed by atoms with Crippen LogP contribution in [0.1, 0.15) is 33.3 Å².